The fourth-order valence-corrected chi connectivity index (χ4v) is 3.46. The summed E-state index contributed by atoms with van der Waals surface area (Å²) in [4.78, 5) is 27.1. The Morgan fingerprint density at radius 3 is 2.32 bits per heavy atom. The van der Waals surface area contributed by atoms with Crippen molar-refractivity contribution in [3.63, 3.8) is 0 Å². The highest BCUT2D eigenvalue weighted by Crippen LogP contribution is 2.28. The lowest BCUT2D eigenvalue weighted by Crippen LogP contribution is -2.50. The van der Waals surface area contributed by atoms with Crippen molar-refractivity contribution in [1.82, 2.24) is 4.90 Å². The molecule has 1 amide bonds. The zero-order valence-electron chi connectivity index (χ0n) is 15.1. The van der Waals surface area contributed by atoms with E-state index in [9.17, 15) is 9.59 Å². The number of benzene rings is 1. The van der Waals surface area contributed by atoms with Crippen LogP contribution in [0, 0.1) is 10.5 Å². The molecule has 6 nitrogen and oxygen atoms in total. The van der Waals surface area contributed by atoms with Gasteiger partial charge in [-0.2, -0.15) is 0 Å². The third kappa shape index (κ3) is 5.49. The largest absolute Gasteiger partial charge is 0.481 e. The second-order valence-corrected chi connectivity index (χ2v) is 8.41. The second-order valence-electron chi connectivity index (χ2n) is 7.25. The molecule has 1 heterocycles. The predicted molar refractivity (Wildman–Crippen MR) is 105 cm³/mol. The van der Waals surface area contributed by atoms with Crippen LogP contribution in [-0.2, 0) is 16.0 Å². The number of carbonyl (C=O) groups excluding carboxylic acids is 1. The molecule has 1 aliphatic rings. The Balaban J connectivity index is 2.08. The first-order chi connectivity index (χ1) is 11.6. The first kappa shape index (κ1) is 19.8. The van der Waals surface area contributed by atoms with Gasteiger partial charge in [0.2, 0.25) is 0 Å². The molecule has 1 aliphatic heterocycles. The molecule has 0 aromatic heterocycles. The zero-order valence-corrected chi connectivity index (χ0v) is 17.3. The smallest absolute Gasteiger partial charge is 0.410 e. The number of rotatable bonds is 3. The molecule has 0 aliphatic carbocycles. The van der Waals surface area contributed by atoms with Gasteiger partial charge in [0.05, 0.1) is 6.42 Å². The maximum Gasteiger partial charge on any atom is 0.410 e. The molecule has 0 saturated carbocycles. The summed E-state index contributed by atoms with van der Waals surface area (Å²) in [5, 5.41) is 9.04. The van der Waals surface area contributed by atoms with E-state index in [2.05, 4.69) is 27.5 Å². The molecule has 1 aromatic rings. The Morgan fingerprint density at radius 2 is 1.80 bits per heavy atom. The van der Waals surface area contributed by atoms with Crippen LogP contribution in [0.1, 0.15) is 31.9 Å². The lowest BCUT2D eigenvalue weighted by Gasteiger charge is -2.37. The number of carboxylic acid groups (broad SMARTS) is 1. The number of piperazine rings is 1. The van der Waals surface area contributed by atoms with E-state index in [1.807, 2.05) is 39.8 Å². The minimum Gasteiger partial charge on any atom is -0.481 e. The van der Waals surface area contributed by atoms with Crippen LogP contribution in [-0.4, -0.2) is 53.8 Å². The molecule has 0 radical (unpaired) electrons. The van der Waals surface area contributed by atoms with Gasteiger partial charge in [-0.1, -0.05) is 0 Å². The van der Waals surface area contributed by atoms with Gasteiger partial charge in [-0.05, 0) is 73.5 Å². The fourth-order valence-electron chi connectivity index (χ4n) is 2.78. The number of hydrogen-bond donors (Lipinski definition) is 1. The highest BCUT2D eigenvalue weighted by atomic mass is 127. The van der Waals surface area contributed by atoms with Crippen molar-refractivity contribution in [3.05, 3.63) is 26.8 Å². The number of ether oxygens (including phenoxy) is 1. The van der Waals surface area contributed by atoms with Gasteiger partial charge in [-0.3, -0.25) is 4.79 Å². The molecule has 7 heteroatoms. The maximum atomic E-state index is 12.2. The van der Waals surface area contributed by atoms with E-state index in [1.165, 1.54) is 0 Å². The van der Waals surface area contributed by atoms with Crippen molar-refractivity contribution >= 4 is 40.3 Å². The molecule has 1 aromatic carbocycles. The van der Waals surface area contributed by atoms with E-state index in [0.717, 1.165) is 20.4 Å². The van der Waals surface area contributed by atoms with E-state index in [0.29, 0.717) is 26.2 Å². The van der Waals surface area contributed by atoms with Crippen LogP contribution in [0.25, 0.3) is 0 Å². The Kier molecular flexibility index (Phi) is 6.18. The Hall–Kier alpha value is -1.51. The molecule has 1 saturated heterocycles. The normalized spacial score (nSPS) is 15.2. The van der Waals surface area contributed by atoms with Crippen LogP contribution in [0.15, 0.2) is 12.1 Å². The highest BCUT2D eigenvalue weighted by Gasteiger charge is 2.26. The number of carbonyl (C=O) groups is 2. The van der Waals surface area contributed by atoms with Gasteiger partial charge in [0.25, 0.3) is 0 Å². The number of hydrogen-bond acceptors (Lipinski definition) is 4. The van der Waals surface area contributed by atoms with Gasteiger partial charge in [0.1, 0.15) is 5.60 Å². The molecule has 138 valence electrons. The van der Waals surface area contributed by atoms with Gasteiger partial charge >= 0.3 is 12.1 Å². The van der Waals surface area contributed by atoms with E-state index in [1.54, 1.807) is 4.90 Å². The SMILES string of the molecule is Cc1c(I)cc(CC(=O)O)cc1N1CCN(C(=O)OC(C)(C)C)CC1. The van der Waals surface area contributed by atoms with E-state index >= 15 is 0 Å². The van der Waals surface area contributed by atoms with Crippen molar-refractivity contribution in [3.8, 4) is 0 Å². The molecule has 2 rings (SSSR count). The van der Waals surface area contributed by atoms with Crippen molar-refractivity contribution in [2.45, 2.75) is 39.7 Å². The van der Waals surface area contributed by atoms with Crippen LogP contribution in [0.2, 0.25) is 0 Å². The number of nitrogens with zero attached hydrogens (tertiary/aromatic N) is 2. The third-order valence-corrected chi connectivity index (χ3v) is 5.12. The van der Waals surface area contributed by atoms with Crippen LogP contribution < -0.4 is 4.90 Å². The van der Waals surface area contributed by atoms with Crippen molar-refractivity contribution in [2.75, 3.05) is 31.1 Å². The Bertz CT molecular complexity index is 662. The monoisotopic (exact) mass is 460 g/mol. The van der Waals surface area contributed by atoms with E-state index < -0.39 is 11.6 Å². The first-order valence-electron chi connectivity index (χ1n) is 8.30. The predicted octanol–water partition coefficient (Wildman–Crippen LogP) is 3.28. The molecule has 1 N–H and O–H groups in total. The quantitative estimate of drug-likeness (QED) is 0.702. The number of amides is 1. The summed E-state index contributed by atoms with van der Waals surface area (Å²) in [6, 6.07) is 3.87. The summed E-state index contributed by atoms with van der Waals surface area (Å²) in [5.41, 5.74) is 2.49. The standard InChI is InChI=1S/C18H25IN2O4/c1-12-14(19)9-13(11-16(22)23)10-15(12)20-5-7-21(8-6-20)17(24)25-18(2,3)4/h9-10H,5-8,11H2,1-4H3,(H,22,23). The average Bonchev–Trinajstić information content (AvgIpc) is 2.48. The lowest BCUT2D eigenvalue weighted by molar-refractivity contribution is -0.136. The Morgan fingerprint density at radius 1 is 1.20 bits per heavy atom. The number of carboxylic acids is 1. The van der Waals surface area contributed by atoms with Crippen LogP contribution in [0.3, 0.4) is 0 Å². The molecule has 0 unspecified atom stereocenters. The van der Waals surface area contributed by atoms with Gasteiger partial charge in [0, 0.05) is 35.4 Å². The van der Waals surface area contributed by atoms with Crippen LogP contribution in [0.5, 0.6) is 0 Å². The van der Waals surface area contributed by atoms with Gasteiger partial charge in [-0.15, -0.1) is 0 Å². The van der Waals surface area contributed by atoms with Crippen LogP contribution in [0.4, 0.5) is 10.5 Å². The fraction of sp³-hybridized carbons (Fsp3) is 0.556. The molecule has 25 heavy (non-hydrogen) atoms. The summed E-state index contributed by atoms with van der Waals surface area (Å²) < 4.78 is 6.48. The van der Waals surface area contributed by atoms with Gasteiger partial charge in [-0.25, -0.2) is 4.79 Å². The lowest BCUT2D eigenvalue weighted by atomic mass is 10.1. The zero-order chi connectivity index (χ0) is 18.8. The summed E-state index contributed by atoms with van der Waals surface area (Å²) in [5.74, 6) is -0.833. The first-order valence-corrected chi connectivity index (χ1v) is 9.38. The number of aliphatic carboxylic acids is 1. The molecule has 0 bridgehead atoms. The molecule has 0 spiro atoms. The Labute approximate surface area is 162 Å². The number of halogens is 1. The van der Waals surface area contributed by atoms with Crippen molar-refractivity contribution in [2.24, 2.45) is 0 Å². The van der Waals surface area contributed by atoms with Crippen LogP contribution >= 0.6 is 22.6 Å². The summed E-state index contributed by atoms with van der Waals surface area (Å²) >= 11 is 2.24. The van der Waals surface area contributed by atoms with Crippen molar-refractivity contribution in [1.29, 1.82) is 0 Å². The van der Waals surface area contributed by atoms with Gasteiger partial charge in [0.15, 0.2) is 0 Å². The minimum absolute atomic E-state index is 0.0150. The molecule has 1 fully saturated rings. The van der Waals surface area contributed by atoms with E-state index in [4.69, 9.17) is 9.84 Å². The summed E-state index contributed by atoms with van der Waals surface area (Å²) in [6.07, 6.45) is -0.265. The molecular formula is C18H25IN2O4. The highest BCUT2D eigenvalue weighted by molar-refractivity contribution is 14.1. The average molecular weight is 460 g/mol. The second kappa shape index (κ2) is 7.80. The summed E-state index contributed by atoms with van der Waals surface area (Å²) in [7, 11) is 0. The van der Waals surface area contributed by atoms with E-state index in [-0.39, 0.29) is 12.5 Å². The molecule has 0 atom stereocenters. The minimum atomic E-state index is -0.833. The number of anilines is 1. The van der Waals surface area contributed by atoms with Gasteiger partial charge < -0.3 is 19.6 Å². The van der Waals surface area contributed by atoms with Crippen molar-refractivity contribution < 1.29 is 19.4 Å². The molecular weight excluding hydrogens is 435 g/mol. The topological polar surface area (TPSA) is 70.1 Å². The summed E-state index contributed by atoms with van der Waals surface area (Å²) in [6.45, 7) is 10.2. The maximum absolute atomic E-state index is 12.2. The third-order valence-electron chi connectivity index (χ3n) is 4.00.